The van der Waals surface area contributed by atoms with Crippen molar-refractivity contribution in [2.45, 2.75) is 85.3 Å². The average Bonchev–Trinajstić information content (AvgIpc) is 2.89. The second kappa shape index (κ2) is 11.8. The van der Waals surface area contributed by atoms with Gasteiger partial charge >= 0.3 is 7.12 Å². The molecule has 5 atom stereocenters. The van der Waals surface area contributed by atoms with E-state index >= 15 is 0 Å². The topological polar surface area (TPSA) is 113 Å². The van der Waals surface area contributed by atoms with Crippen molar-refractivity contribution >= 4 is 18.9 Å². The zero-order valence-electron chi connectivity index (χ0n) is 24.1. The van der Waals surface area contributed by atoms with Crippen molar-refractivity contribution in [3.63, 3.8) is 0 Å². The molecule has 3 aliphatic carbocycles. The van der Waals surface area contributed by atoms with Crippen LogP contribution in [0.5, 0.6) is 0 Å². The Labute approximate surface area is 232 Å². The minimum atomic E-state index is -1.16. The lowest BCUT2D eigenvalue weighted by Crippen LogP contribution is -2.64. The Kier molecular flexibility index (Phi) is 8.81. The molecule has 0 aliphatic heterocycles. The zero-order valence-corrected chi connectivity index (χ0v) is 24.1. The minimum absolute atomic E-state index is 0.0772. The molecule has 5 rings (SSSR count). The SMILES string of the molecule is CC(C)CC(NC(=O)C(Cc1ccccc1)NC(=O)c1cnccn1)B(O)OC1CC2CC(C2(C)C)C1(C)C. The molecule has 0 saturated heterocycles. The van der Waals surface area contributed by atoms with Gasteiger partial charge in [0.05, 0.1) is 12.1 Å². The van der Waals surface area contributed by atoms with E-state index < -0.39 is 25.0 Å². The van der Waals surface area contributed by atoms with Gasteiger partial charge in [-0.25, -0.2) is 4.98 Å². The molecule has 1 aromatic heterocycles. The van der Waals surface area contributed by atoms with E-state index in [0.717, 1.165) is 12.0 Å². The summed E-state index contributed by atoms with van der Waals surface area (Å²) in [4.78, 5) is 34.6. The number of aromatic nitrogens is 2. The molecule has 9 heteroatoms. The largest absolute Gasteiger partial charge is 0.478 e. The van der Waals surface area contributed by atoms with Crippen LogP contribution in [0.3, 0.4) is 0 Å². The van der Waals surface area contributed by atoms with Gasteiger partial charge in [0.25, 0.3) is 5.91 Å². The molecule has 0 spiro atoms. The van der Waals surface area contributed by atoms with Gasteiger partial charge in [0.2, 0.25) is 5.91 Å². The van der Waals surface area contributed by atoms with E-state index in [0.29, 0.717) is 18.3 Å². The predicted molar refractivity (Wildman–Crippen MR) is 151 cm³/mol. The lowest BCUT2D eigenvalue weighted by Gasteiger charge is -2.66. The highest BCUT2D eigenvalue weighted by molar-refractivity contribution is 6.45. The van der Waals surface area contributed by atoms with Crippen molar-refractivity contribution in [3.05, 3.63) is 60.2 Å². The summed E-state index contributed by atoms with van der Waals surface area (Å²) in [6.45, 7) is 13.2. The Morgan fingerprint density at radius 2 is 1.79 bits per heavy atom. The Bertz CT molecular complexity index is 1130. The molecule has 8 nitrogen and oxygen atoms in total. The monoisotopic (exact) mass is 534 g/mol. The summed E-state index contributed by atoms with van der Waals surface area (Å²) in [6.07, 6.45) is 7.13. The summed E-state index contributed by atoms with van der Waals surface area (Å²) in [5, 5.41) is 17.1. The average molecular weight is 535 g/mol. The molecule has 2 bridgehead atoms. The van der Waals surface area contributed by atoms with E-state index in [9.17, 15) is 14.6 Å². The first-order chi connectivity index (χ1) is 18.4. The van der Waals surface area contributed by atoms with Crippen LogP contribution in [0.15, 0.2) is 48.9 Å². The highest BCUT2D eigenvalue weighted by atomic mass is 16.5. The third-order valence-corrected chi connectivity index (χ3v) is 9.10. The molecule has 210 valence electrons. The van der Waals surface area contributed by atoms with Crippen molar-refractivity contribution in [1.82, 2.24) is 20.6 Å². The van der Waals surface area contributed by atoms with E-state index in [1.54, 1.807) is 0 Å². The molecule has 3 aliphatic rings. The molecule has 0 radical (unpaired) electrons. The fraction of sp³-hybridized carbons (Fsp3) is 0.600. The van der Waals surface area contributed by atoms with Crippen LogP contribution in [-0.2, 0) is 15.9 Å². The number of benzene rings is 1. The molecule has 2 amide bonds. The zero-order chi connectivity index (χ0) is 28.4. The summed E-state index contributed by atoms with van der Waals surface area (Å²) >= 11 is 0. The normalized spacial score (nSPS) is 24.3. The van der Waals surface area contributed by atoms with Crippen LogP contribution in [0.2, 0.25) is 0 Å². The molecule has 5 unspecified atom stereocenters. The van der Waals surface area contributed by atoms with Crippen molar-refractivity contribution < 1.29 is 19.3 Å². The van der Waals surface area contributed by atoms with E-state index in [4.69, 9.17) is 4.65 Å². The van der Waals surface area contributed by atoms with E-state index in [2.05, 4.69) is 48.3 Å². The van der Waals surface area contributed by atoms with Crippen LogP contribution in [0.25, 0.3) is 0 Å². The highest BCUT2D eigenvalue weighted by Gasteiger charge is 2.62. The quantitative estimate of drug-likeness (QED) is 0.378. The standard InChI is InChI=1S/C30H43BN4O4/c1-19(2)14-26(31(38)39-25-17-21-16-24(29(21,3)4)30(25,5)6)35-27(36)22(15-20-10-8-7-9-11-20)34-28(37)23-18-32-12-13-33-23/h7-13,18-19,21-22,24-26,38H,14-17H2,1-6H3,(H,34,37)(H,35,36). The minimum Gasteiger partial charge on any atom is -0.426 e. The number of carbonyl (C=O) groups excluding carboxylic acids is 2. The van der Waals surface area contributed by atoms with Crippen molar-refractivity contribution in [1.29, 1.82) is 0 Å². The molecule has 1 aromatic carbocycles. The first-order valence-electron chi connectivity index (χ1n) is 14.1. The molecular weight excluding hydrogens is 491 g/mol. The van der Waals surface area contributed by atoms with E-state index in [1.807, 2.05) is 44.2 Å². The maximum Gasteiger partial charge on any atom is 0.478 e. The van der Waals surface area contributed by atoms with Gasteiger partial charge in [0.15, 0.2) is 0 Å². The molecule has 39 heavy (non-hydrogen) atoms. The van der Waals surface area contributed by atoms with Crippen LogP contribution >= 0.6 is 0 Å². The molecule has 3 fully saturated rings. The third-order valence-electron chi connectivity index (χ3n) is 9.10. The van der Waals surface area contributed by atoms with Gasteiger partial charge in [-0.05, 0) is 53.4 Å². The number of hydrogen-bond acceptors (Lipinski definition) is 6. The van der Waals surface area contributed by atoms with Crippen LogP contribution in [0, 0.1) is 28.6 Å². The number of rotatable bonds is 11. The first-order valence-corrected chi connectivity index (χ1v) is 14.1. The lowest BCUT2D eigenvalue weighted by atomic mass is 9.40. The lowest BCUT2D eigenvalue weighted by molar-refractivity contribution is -0.196. The van der Waals surface area contributed by atoms with Crippen molar-refractivity contribution in [2.24, 2.45) is 28.6 Å². The highest BCUT2D eigenvalue weighted by Crippen LogP contribution is 2.66. The first kappa shape index (κ1) is 29.2. The van der Waals surface area contributed by atoms with Crippen LogP contribution in [0.4, 0.5) is 0 Å². The van der Waals surface area contributed by atoms with Gasteiger partial charge < -0.3 is 20.3 Å². The molecule has 3 saturated carbocycles. The smallest absolute Gasteiger partial charge is 0.426 e. The fourth-order valence-corrected chi connectivity index (χ4v) is 6.70. The number of nitrogens with one attached hydrogen (secondary N) is 2. The molecule has 3 N–H and O–H groups in total. The molecule has 1 heterocycles. The van der Waals surface area contributed by atoms with Gasteiger partial charge in [0, 0.05) is 24.9 Å². The summed E-state index contributed by atoms with van der Waals surface area (Å²) in [7, 11) is -1.16. The summed E-state index contributed by atoms with van der Waals surface area (Å²) in [6, 6.07) is 8.65. The molecular formula is C30H43BN4O4. The van der Waals surface area contributed by atoms with Crippen LogP contribution in [0.1, 0.15) is 76.9 Å². The van der Waals surface area contributed by atoms with Crippen molar-refractivity contribution in [3.8, 4) is 0 Å². The van der Waals surface area contributed by atoms with Gasteiger partial charge in [-0.1, -0.05) is 71.9 Å². The summed E-state index contributed by atoms with van der Waals surface area (Å²) in [5.41, 5.74) is 1.24. The van der Waals surface area contributed by atoms with E-state index in [1.165, 1.54) is 25.0 Å². The van der Waals surface area contributed by atoms with Gasteiger partial charge in [0.1, 0.15) is 11.7 Å². The van der Waals surface area contributed by atoms with E-state index in [-0.39, 0.29) is 40.9 Å². The second-order valence-electron chi connectivity index (χ2n) is 12.9. The Morgan fingerprint density at radius 1 is 1.08 bits per heavy atom. The van der Waals surface area contributed by atoms with Crippen molar-refractivity contribution in [2.75, 3.05) is 0 Å². The number of nitrogens with zero attached hydrogens (tertiary/aromatic N) is 2. The maximum absolute atomic E-state index is 13.6. The maximum atomic E-state index is 13.6. The third kappa shape index (κ3) is 6.52. The second-order valence-corrected chi connectivity index (χ2v) is 12.9. The van der Waals surface area contributed by atoms with Gasteiger partial charge in [-0.2, -0.15) is 0 Å². The van der Waals surface area contributed by atoms with Crippen LogP contribution < -0.4 is 10.6 Å². The number of hydrogen-bond donors (Lipinski definition) is 3. The van der Waals surface area contributed by atoms with Gasteiger partial charge in [-0.15, -0.1) is 0 Å². The fourth-order valence-electron chi connectivity index (χ4n) is 6.70. The molecule has 2 aromatic rings. The van der Waals surface area contributed by atoms with Gasteiger partial charge in [-0.3, -0.25) is 14.6 Å². The summed E-state index contributed by atoms with van der Waals surface area (Å²) < 4.78 is 6.35. The summed E-state index contributed by atoms with van der Waals surface area (Å²) in [5.74, 6) is -0.158. The Morgan fingerprint density at radius 3 is 2.38 bits per heavy atom. The predicted octanol–water partition coefficient (Wildman–Crippen LogP) is 3.85. The Balaban J connectivity index is 1.48. The number of fused-ring (bicyclic) bond motifs is 2. The number of amides is 2. The number of carbonyl (C=O) groups is 2. The Hall–Kier alpha value is -2.78. The van der Waals surface area contributed by atoms with Crippen LogP contribution in [-0.4, -0.2) is 52.0 Å².